The predicted octanol–water partition coefficient (Wildman–Crippen LogP) is 0.972. The van der Waals surface area contributed by atoms with E-state index in [2.05, 4.69) is 37.1 Å². The smallest absolute Gasteiger partial charge is 0.243 e. The van der Waals surface area contributed by atoms with E-state index in [1.165, 1.54) is 6.92 Å². The molecule has 0 aromatic heterocycles. The fourth-order valence-electron chi connectivity index (χ4n) is 1.26. The molecule has 94 valence electrons. The number of hydrogen-bond donors (Lipinski definition) is 3. The van der Waals surface area contributed by atoms with Gasteiger partial charge in [0.1, 0.15) is 6.04 Å². The second kappa shape index (κ2) is 7.54. The first-order chi connectivity index (χ1) is 7.42. The Labute approximate surface area is 103 Å². The van der Waals surface area contributed by atoms with Gasteiger partial charge in [0.25, 0.3) is 0 Å². The number of hydrogen-bond acceptors (Lipinski definition) is 3. The Kier molecular flexibility index (Phi) is 7.21. The normalized spacial score (nSPS) is 16.1. The summed E-state index contributed by atoms with van der Waals surface area (Å²) in [6.07, 6.45) is 1.01. The Hall–Kier alpha value is -0.710. The van der Waals surface area contributed by atoms with Gasteiger partial charge in [0.05, 0.1) is 0 Å². The van der Waals surface area contributed by atoms with Gasteiger partial charge in [0.2, 0.25) is 11.8 Å². The molecular weight excluding hydrogens is 224 g/mol. The first kappa shape index (κ1) is 15.3. The lowest BCUT2D eigenvalue weighted by molar-refractivity contribution is -0.128. The van der Waals surface area contributed by atoms with Gasteiger partial charge in [0, 0.05) is 18.7 Å². The number of nitrogens with one attached hydrogen (secondary N) is 2. The highest BCUT2D eigenvalue weighted by atomic mass is 32.1. The lowest BCUT2D eigenvalue weighted by Gasteiger charge is -2.23. The number of thiol groups is 1. The van der Waals surface area contributed by atoms with Crippen molar-refractivity contribution in [1.82, 2.24) is 10.6 Å². The first-order valence-corrected chi connectivity index (χ1v) is 6.23. The van der Waals surface area contributed by atoms with Crippen LogP contribution in [0.25, 0.3) is 0 Å². The summed E-state index contributed by atoms with van der Waals surface area (Å²) in [5.41, 5.74) is 0. The van der Waals surface area contributed by atoms with Crippen LogP contribution in [0.4, 0.5) is 0 Å². The highest BCUT2D eigenvalue weighted by Gasteiger charge is 2.20. The average Bonchev–Trinajstić information content (AvgIpc) is 2.23. The van der Waals surface area contributed by atoms with E-state index in [1.807, 2.05) is 6.92 Å². The van der Waals surface area contributed by atoms with Gasteiger partial charge in [-0.3, -0.25) is 9.59 Å². The van der Waals surface area contributed by atoms with Gasteiger partial charge in [-0.05, 0) is 12.8 Å². The zero-order valence-electron chi connectivity index (χ0n) is 10.4. The second-order valence-corrected chi connectivity index (χ2v) is 4.48. The fraction of sp³-hybridized carbons (Fsp3) is 0.818. The van der Waals surface area contributed by atoms with Crippen molar-refractivity contribution in [2.75, 3.05) is 5.75 Å². The molecule has 0 fully saturated rings. The highest BCUT2D eigenvalue weighted by molar-refractivity contribution is 7.80. The summed E-state index contributed by atoms with van der Waals surface area (Å²) in [7, 11) is 0. The van der Waals surface area contributed by atoms with E-state index in [-0.39, 0.29) is 17.9 Å². The van der Waals surface area contributed by atoms with Crippen LogP contribution < -0.4 is 10.6 Å². The van der Waals surface area contributed by atoms with Gasteiger partial charge in [-0.25, -0.2) is 0 Å². The standard InChI is InChI=1S/C11H22N2O2S/c1-5-7(2)8(3)12-11(15)10(6-16)13-9(4)14/h7-8,10,16H,5-6H2,1-4H3,(H,12,15)(H,13,14). The van der Waals surface area contributed by atoms with E-state index in [0.717, 1.165) is 6.42 Å². The van der Waals surface area contributed by atoms with E-state index >= 15 is 0 Å². The summed E-state index contributed by atoms with van der Waals surface area (Å²) >= 11 is 4.05. The van der Waals surface area contributed by atoms with Crippen molar-refractivity contribution in [2.24, 2.45) is 5.92 Å². The highest BCUT2D eigenvalue weighted by Crippen LogP contribution is 2.06. The zero-order valence-corrected chi connectivity index (χ0v) is 11.3. The Morgan fingerprint density at radius 2 is 1.81 bits per heavy atom. The van der Waals surface area contributed by atoms with Crippen molar-refractivity contribution in [3.8, 4) is 0 Å². The van der Waals surface area contributed by atoms with E-state index < -0.39 is 6.04 Å². The van der Waals surface area contributed by atoms with Crippen molar-refractivity contribution in [3.63, 3.8) is 0 Å². The predicted molar refractivity (Wildman–Crippen MR) is 68.5 cm³/mol. The summed E-state index contributed by atoms with van der Waals surface area (Å²) in [4.78, 5) is 22.6. The maximum Gasteiger partial charge on any atom is 0.243 e. The molecule has 3 atom stereocenters. The maximum absolute atomic E-state index is 11.8. The largest absolute Gasteiger partial charge is 0.352 e. The van der Waals surface area contributed by atoms with Crippen molar-refractivity contribution in [3.05, 3.63) is 0 Å². The minimum atomic E-state index is -0.549. The van der Waals surface area contributed by atoms with Crippen LogP contribution in [-0.4, -0.2) is 29.7 Å². The average molecular weight is 246 g/mol. The Morgan fingerprint density at radius 1 is 1.25 bits per heavy atom. The molecule has 5 heteroatoms. The van der Waals surface area contributed by atoms with E-state index in [1.54, 1.807) is 0 Å². The van der Waals surface area contributed by atoms with Crippen LogP contribution in [0, 0.1) is 5.92 Å². The van der Waals surface area contributed by atoms with Gasteiger partial charge in [-0.15, -0.1) is 0 Å². The number of rotatable bonds is 6. The van der Waals surface area contributed by atoms with Crippen molar-refractivity contribution >= 4 is 24.4 Å². The van der Waals surface area contributed by atoms with Crippen LogP contribution in [0.1, 0.15) is 34.1 Å². The summed E-state index contributed by atoms with van der Waals surface area (Å²) < 4.78 is 0. The van der Waals surface area contributed by atoms with Gasteiger partial charge in [-0.2, -0.15) is 12.6 Å². The summed E-state index contributed by atoms with van der Waals surface area (Å²) in [6, 6.07) is -0.444. The minimum absolute atomic E-state index is 0.105. The monoisotopic (exact) mass is 246 g/mol. The summed E-state index contributed by atoms with van der Waals surface area (Å²) in [5, 5.41) is 5.45. The molecular formula is C11H22N2O2S. The van der Waals surface area contributed by atoms with E-state index in [0.29, 0.717) is 11.7 Å². The number of carbonyl (C=O) groups excluding carboxylic acids is 2. The van der Waals surface area contributed by atoms with Crippen LogP contribution in [-0.2, 0) is 9.59 Å². The lowest BCUT2D eigenvalue weighted by atomic mass is 10.0. The van der Waals surface area contributed by atoms with Crippen LogP contribution in [0.5, 0.6) is 0 Å². The minimum Gasteiger partial charge on any atom is -0.352 e. The molecule has 0 radical (unpaired) electrons. The first-order valence-electron chi connectivity index (χ1n) is 5.60. The molecule has 2 N–H and O–H groups in total. The van der Waals surface area contributed by atoms with Crippen molar-refractivity contribution < 1.29 is 9.59 Å². The van der Waals surface area contributed by atoms with Crippen LogP contribution in [0.2, 0.25) is 0 Å². The quantitative estimate of drug-likeness (QED) is 0.612. The topological polar surface area (TPSA) is 58.2 Å². The SMILES string of the molecule is CCC(C)C(C)NC(=O)C(CS)NC(C)=O. The summed E-state index contributed by atoms with van der Waals surface area (Å²) in [6.45, 7) is 7.52. The van der Waals surface area contributed by atoms with Crippen LogP contribution in [0.15, 0.2) is 0 Å². The Bertz CT molecular complexity index is 246. The molecule has 0 aromatic carbocycles. The molecule has 0 aliphatic heterocycles. The molecule has 3 unspecified atom stereocenters. The summed E-state index contributed by atoms with van der Waals surface area (Å²) in [5.74, 6) is 0.337. The molecule has 16 heavy (non-hydrogen) atoms. The number of carbonyl (C=O) groups is 2. The van der Waals surface area contributed by atoms with E-state index in [9.17, 15) is 9.59 Å². The van der Waals surface area contributed by atoms with Gasteiger partial charge < -0.3 is 10.6 Å². The zero-order chi connectivity index (χ0) is 12.7. The third kappa shape index (κ3) is 5.39. The molecule has 0 aromatic rings. The molecule has 0 aliphatic rings. The van der Waals surface area contributed by atoms with Gasteiger partial charge in [-0.1, -0.05) is 20.3 Å². The van der Waals surface area contributed by atoms with Crippen LogP contribution >= 0.6 is 12.6 Å². The third-order valence-corrected chi connectivity index (χ3v) is 3.11. The van der Waals surface area contributed by atoms with Crippen LogP contribution in [0.3, 0.4) is 0 Å². The molecule has 4 nitrogen and oxygen atoms in total. The molecule has 0 saturated heterocycles. The second-order valence-electron chi connectivity index (χ2n) is 4.12. The molecule has 0 spiro atoms. The Morgan fingerprint density at radius 3 is 2.19 bits per heavy atom. The van der Waals surface area contributed by atoms with E-state index in [4.69, 9.17) is 0 Å². The van der Waals surface area contributed by atoms with Gasteiger partial charge >= 0.3 is 0 Å². The maximum atomic E-state index is 11.8. The molecule has 0 bridgehead atoms. The molecule has 0 heterocycles. The van der Waals surface area contributed by atoms with Gasteiger partial charge in [0.15, 0.2) is 0 Å². The molecule has 0 rings (SSSR count). The third-order valence-electron chi connectivity index (χ3n) is 2.74. The molecule has 0 aliphatic carbocycles. The fourth-order valence-corrected chi connectivity index (χ4v) is 1.52. The van der Waals surface area contributed by atoms with Crippen molar-refractivity contribution in [2.45, 2.75) is 46.2 Å². The van der Waals surface area contributed by atoms with Crippen molar-refractivity contribution in [1.29, 1.82) is 0 Å². The Balaban J connectivity index is 4.25. The molecule has 0 saturated carbocycles. The number of amides is 2. The molecule has 2 amide bonds. The lowest BCUT2D eigenvalue weighted by Crippen LogP contribution is -2.50.